The first kappa shape index (κ1) is 17.8. The number of carbonyl (C=O) groups is 1. The first-order chi connectivity index (χ1) is 12.5. The molecule has 26 heavy (non-hydrogen) atoms. The normalized spacial score (nSPS) is 10.3. The van der Waals surface area contributed by atoms with Crippen molar-refractivity contribution in [1.82, 2.24) is 4.98 Å². The lowest BCUT2D eigenvalue weighted by Crippen LogP contribution is -2.13. The number of aromatic nitrogens is 1. The Morgan fingerprint density at radius 2 is 1.96 bits per heavy atom. The fourth-order valence-electron chi connectivity index (χ4n) is 2.41. The lowest BCUT2D eigenvalue weighted by atomic mass is 10.2. The smallest absolute Gasteiger partial charge is 0.257 e. The Kier molecular flexibility index (Phi) is 5.39. The van der Waals surface area contributed by atoms with Gasteiger partial charge in [0, 0.05) is 28.7 Å². The maximum atomic E-state index is 12.4. The van der Waals surface area contributed by atoms with Gasteiger partial charge in [0.05, 0.1) is 12.7 Å². The highest BCUT2D eigenvalue weighted by atomic mass is 35.5. The van der Waals surface area contributed by atoms with Crippen LogP contribution in [0.5, 0.6) is 5.75 Å². The average Bonchev–Trinajstić information content (AvgIpc) is 2.64. The maximum absolute atomic E-state index is 12.4. The standard InChI is InChI=1S/C20H18ClN3O2/c1-13-10-15(21)7-8-18(13)24-20(25)14-6-9-19(22-12-14)23-16-4-3-5-17(11-16)26-2/h3-12H,1-2H3,(H,22,23)(H,24,25). The quantitative estimate of drug-likeness (QED) is 0.662. The first-order valence-electron chi connectivity index (χ1n) is 8.00. The minimum atomic E-state index is -0.226. The molecule has 1 amide bonds. The maximum Gasteiger partial charge on any atom is 0.257 e. The molecule has 0 bridgehead atoms. The lowest BCUT2D eigenvalue weighted by Gasteiger charge is -2.10. The van der Waals surface area contributed by atoms with Crippen molar-refractivity contribution in [3.8, 4) is 5.75 Å². The Hall–Kier alpha value is -3.05. The van der Waals surface area contributed by atoms with Crippen molar-refractivity contribution in [2.45, 2.75) is 6.92 Å². The number of amides is 1. The SMILES string of the molecule is COc1cccc(Nc2ccc(C(=O)Nc3ccc(Cl)cc3C)cn2)c1. The summed E-state index contributed by atoms with van der Waals surface area (Å²) in [6, 6.07) is 16.3. The lowest BCUT2D eigenvalue weighted by molar-refractivity contribution is 0.102. The molecule has 1 aromatic heterocycles. The average molecular weight is 368 g/mol. The van der Waals surface area contributed by atoms with E-state index < -0.39 is 0 Å². The van der Waals surface area contributed by atoms with E-state index in [2.05, 4.69) is 15.6 Å². The molecule has 2 aromatic carbocycles. The Bertz CT molecular complexity index is 927. The molecule has 2 N–H and O–H groups in total. The molecule has 1 heterocycles. The van der Waals surface area contributed by atoms with Gasteiger partial charge < -0.3 is 15.4 Å². The van der Waals surface area contributed by atoms with Crippen molar-refractivity contribution in [2.75, 3.05) is 17.7 Å². The molecule has 3 rings (SSSR count). The summed E-state index contributed by atoms with van der Waals surface area (Å²) in [6.07, 6.45) is 1.53. The summed E-state index contributed by atoms with van der Waals surface area (Å²) in [4.78, 5) is 16.7. The second-order valence-electron chi connectivity index (χ2n) is 5.70. The first-order valence-corrected chi connectivity index (χ1v) is 8.37. The van der Waals surface area contributed by atoms with Crippen LogP contribution in [0.1, 0.15) is 15.9 Å². The number of nitrogens with zero attached hydrogens (tertiary/aromatic N) is 1. The van der Waals surface area contributed by atoms with Gasteiger partial charge in [-0.3, -0.25) is 4.79 Å². The van der Waals surface area contributed by atoms with Crippen LogP contribution in [-0.4, -0.2) is 18.0 Å². The van der Waals surface area contributed by atoms with Crippen molar-refractivity contribution < 1.29 is 9.53 Å². The predicted octanol–water partition coefficient (Wildman–Crippen LogP) is 5.05. The fourth-order valence-corrected chi connectivity index (χ4v) is 2.64. The van der Waals surface area contributed by atoms with Gasteiger partial charge in [0.1, 0.15) is 11.6 Å². The number of aryl methyl sites for hydroxylation is 1. The number of rotatable bonds is 5. The molecule has 0 unspecified atom stereocenters. The molecule has 0 atom stereocenters. The van der Waals surface area contributed by atoms with E-state index in [1.54, 1.807) is 37.4 Å². The monoisotopic (exact) mass is 367 g/mol. The summed E-state index contributed by atoms with van der Waals surface area (Å²) in [5, 5.41) is 6.67. The number of hydrogen-bond donors (Lipinski definition) is 2. The molecule has 3 aromatic rings. The van der Waals surface area contributed by atoms with E-state index in [-0.39, 0.29) is 5.91 Å². The molecule has 0 fully saturated rings. The highest BCUT2D eigenvalue weighted by Gasteiger charge is 2.09. The van der Waals surface area contributed by atoms with Gasteiger partial charge in [-0.1, -0.05) is 17.7 Å². The van der Waals surface area contributed by atoms with E-state index in [0.717, 1.165) is 22.7 Å². The zero-order chi connectivity index (χ0) is 18.5. The third-order valence-corrected chi connectivity index (χ3v) is 4.04. The van der Waals surface area contributed by atoms with Gasteiger partial charge in [0.2, 0.25) is 0 Å². The molecule has 5 nitrogen and oxygen atoms in total. The van der Waals surface area contributed by atoms with Gasteiger partial charge in [-0.2, -0.15) is 0 Å². The van der Waals surface area contributed by atoms with E-state index in [1.807, 2.05) is 31.2 Å². The third-order valence-electron chi connectivity index (χ3n) is 3.80. The van der Waals surface area contributed by atoms with Gasteiger partial charge >= 0.3 is 0 Å². The Morgan fingerprint density at radius 3 is 2.65 bits per heavy atom. The van der Waals surface area contributed by atoms with E-state index in [0.29, 0.717) is 16.4 Å². The molecule has 0 aliphatic rings. The van der Waals surface area contributed by atoms with Crippen LogP contribution < -0.4 is 15.4 Å². The summed E-state index contributed by atoms with van der Waals surface area (Å²) in [6.45, 7) is 1.89. The number of nitrogens with one attached hydrogen (secondary N) is 2. The number of carbonyl (C=O) groups excluding carboxylic acids is 1. The highest BCUT2D eigenvalue weighted by Crippen LogP contribution is 2.22. The van der Waals surface area contributed by atoms with Crippen LogP contribution in [0.25, 0.3) is 0 Å². The molecule has 132 valence electrons. The molecule has 0 spiro atoms. The second kappa shape index (κ2) is 7.89. The minimum absolute atomic E-state index is 0.226. The van der Waals surface area contributed by atoms with Gasteiger partial charge in [-0.25, -0.2) is 4.98 Å². The number of ether oxygens (including phenoxy) is 1. The fraction of sp³-hybridized carbons (Fsp3) is 0.100. The molecular weight excluding hydrogens is 350 g/mol. The second-order valence-corrected chi connectivity index (χ2v) is 6.14. The summed E-state index contributed by atoms with van der Waals surface area (Å²) in [5.41, 5.74) is 2.94. The summed E-state index contributed by atoms with van der Waals surface area (Å²) >= 11 is 5.94. The number of hydrogen-bond acceptors (Lipinski definition) is 4. The van der Waals surface area contributed by atoms with Crippen LogP contribution in [0.15, 0.2) is 60.8 Å². The zero-order valence-electron chi connectivity index (χ0n) is 14.4. The van der Waals surface area contributed by atoms with Gasteiger partial charge in [-0.15, -0.1) is 0 Å². The summed E-state index contributed by atoms with van der Waals surface area (Å²) in [7, 11) is 1.62. The van der Waals surface area contributed by atoms with E-state index in [4.69, 9.17) is 16.3 Å². The topological polar surface area (TPSA) is 63.2 Å². The number of methoxy groups -OCH3 is 1. The summed E-state index contributed by atoms with van der Waals surface area (Å²) < 4.78 is 5.20. The van der Waals surface area contributed by atoms with Crippen LogP contribution in [0.2, 0.25) is 5.02 Å². The van der Waals surface area contributed by atoms with Crippen molar-refractivity contribution in [3.63, 3.8) is 0 Å². The van der Waals surface area contributed by atoms with Crippen LogP contribution in [0.3, 0.4) is 0 Å². The Morgan fingerprint density at radius 1 is 1.12 bits per heavy atom. The molecule has 0 aliphatic heterocycles. The minimum Gasteiger partial charge on any atom is -0.497 e. The third kappa shape index (κ3) is 4.32. The van der Waals surface area contributed by atoms with E-state index >= 15 is 0 Å². The van der Waals surface area contributed by atoms with Crippen LogP contribution in [-0.2, 0) is 0 Å². The molecule has 6 heteroatoms. The number of pyridine rings is 1. The van der Waals surface area contributed by atoms with Crippen molar-refractivity contribution in [1.29, 1.82) is 0 Å². The van der Waals surface area contributed by atoms with Crippen LogP contribution in [0, 0.1) is 6.92 Å². The van der Waals surface area contributed by atoms with Crippen molar-refractivity contribution in [3.05, 3.63) is 76.9 Å². The summed E-state index contributed by atoms with van der Waals surface area (Å²) in [5.74, 6) is 1.16. The van der Waals surface area contributed by atoms with Crippen LogP contribution >= 0.6 is 11.6 Å². The highest BCUT2D eigenvalue weighted by molar-refractivity contribution is 6.30. The Labute approximate surface area is 157 Å². The molecule has 0 radical (unpaired) electrons. The largest absolute Gasteiger partial charge is 0.497 e. The number of anilines is 3. The zero-order valence-corrected chi connectivity index (χ0v) is 15.2. The van der Waals surface area contributed by atoms with Crippen molar-refractivity contribution >= 4 is 34.7 Å². The van der Waals surface area contributed by atoms with Gasteiger partial charge in [0.15, 0.2) is 0 Å². The van der Waals surface area contributed by atoms with E-state index in [1.165, 1.54) is 6.20 Å². The molecule has 0 saturated carbocycles. The predicted molar refractivity (Wildman–Crippen MR) is 105 cm³/mol. The van der Waals surface area contributed by atoms with Crippen molar-refractivity contribution in [2.24, 2.45) is 0 Å². The van der Waals surface area contributed by atoms with E-state index in [9.17, 15) is 4.79 Å². The number of benzene rings is 2. The molecule has 0 saturated heterocycles. The Balaban J connectivity index is 1.69. The van der Waals surface area contributed by atoms with Crippen LogP contribution in [0.4, 0.5) is 17.2 Å². The van der Waals surface area contributed by atoms with Gasteiger partial charge in [0.25, 0.3) is 5.91 Å². The molecular formula is C20H18ClN3O2. The number of halogens is 1. The molecule has 0 aliphatic carbocycles. The van der Waals surface area contributed by atoms with Gasteiger partial charge in [-0.05, 0) is 55.0 Å².